The number of fused-ring (bicyclic) bond motifs is 3. The molecule has 2 aliphatic carbocycles. The molecule has 2 aliphatic rings. The van der Waals surface area contributed by atoms with E-state index in [1.807, 2.05) is 42.7 Å². The Morgan fingerprint density at radius 1 is 1.05 bits per heavy atom. The lowest BCUT2D eigenvalue weighted by atomic mass is 9.99. The summed E-state index contributed by atoms with van der Waals surface area (Å²) in [5, 5.41) is 14.3. The van der Waals surface area contributed by atoms with Gasteiger partial charge in [0.25, 0.3) is 0 Å². The second kappa shape index (κ2) is 10.7. The van der Waals surface area contributed by atoms with Crippen molar-refractivity contribution < 1.29 is 12.8 Å². The smallest absolute Gasteiger partial charge is 0.209 e. The summed E-state index contributed by atoms with van der Waals surface area (Å²) in [5.41, 5.74) is 9.44. The van der Waals surface area contributed by atoms with E-state index in [0.717, 1.165) is 75.3 Å². The molecule has 5 aromatic rings. The molecular formula is C33H31FN6O2S. The topological polar surface area (TPSA) is 116 Å². The summed E-state index contributed by atoms with van der Waals surface area (Å²) in [5.74, 6) is -0.0478. The molecule has 8 nitrogen and oxygen atoms in total. The summed E-state index contributed by atoms with van der Waals surface area (Å²) in [4.78, 5) is 8.05. The van der Waals surface area contributed by atoms with Crippen molar-refractivity contribution in [3.63, 3.8) is 0 Å². The number of nitrogens with one attached hydrogen (secondary N) is 4. The fourth-order valence-corrected chi connectivity index (χ4v) is 6.28. The summed E-state index contributed by atoms with van der Waals surface area (Å²) in [6.07, 6.45) is 10.4. The number of aromatic nitrogens is 4. The quantitative estimate of drug-likeness (QED) is 0.206. The van der Waals surface area contributed by atoms with E-state index in [1.165, 1.54) is 23.3 Å². The molecular weight excluding hydrogens is 563 g/mol. The molecule has 7 rings (SSSR count). The van der Waals surface area contributed by atoms with E-state index in [1.54, 1.807) is 0 Å². The van der Waals surface area contributed by atoms with Crippen LogP contribution in [-0.2, 0) is 23.1 Å². The van der Waals surface area contributed by atoms with Crippen molar-refractivity contribution >= 4 is 38.7 Å². The number of pyridine rings is 1. The molecule has 3 aromatic heterocycles. The monoisotopic (exact) mass is 594 g/mol. The van der Waals surface area contributed by atoms with Gasteiger partial charge in [0.15, 0.2) is 0 Å². The zero-order valence-electron chi connectivity index (χ0n) is 23.8. The average Bonchev–Trinajstić information content (AvgIpc) is 3.46. The van der Waals surface area contributed by atoms with Crippen molar-refractivity contribution in [2.45, 2.75) is 26.4 Å². The molecule has 1 unspecified atom stereocenters. The van der Waals surface area contributed by atoms with E-state index in [-0.39, 0.29) is 6.54 Å². The number of benzene rings is 2. The molecule has 0 aliphatic heterocycles. The SMILES string of the molecule is CCNCc1cncc(C2=C3CC3C=c3[nH]nc(-c4cc5c(-c6cc(F)cc(CNS(C)(=O)=O)c6)cccc5[nH]4)c3=C2)c1. The van der Waals surface area contributed by atoms with E-state index in [4.69, 9.17) is 5.10 Å². The van der Waals surface area contributed by atoms with Crippen LogP contribution in [0, 0.1) is 11.7 Å². The van der Waals surface area contributed by atoms with E-state index in [2.05, 4.69) is 50.2 Å². The Balaban J connectivity index is 1.30. The molecule has 218 valence electrons. The van der Waals surface area contributed by atoms with Crippen LogP contribution in [0.2, 0.25) is 0 Å². The molecule has 10 heteroatoms. The summed E-state index contributed by atoms with van der Waals surface area (Å²) in [7, 11) is -3.41. The van der Waals surface area contributed by atoms with Gasteiger partial charge in [0.2, 0.25) is 10.0 Å². The van der Waals surface area contributed by atoms with Gasteiger partial charge in [0.05, 0.1) is 17.3 Å². The molecule has 1 fully saturated rings. The van der Waals surface area contributed by atoms with E-state index in [0.29, 0.717) is 17.0 Å². The molecule has 3 heterocycles. The van der Waals surface area contributed by atoms with Crippen LogP contribution >= 0.6 is 0 Å². The van der Waals surface area contributed by atoms with Gasteiger partial charge >= 0.3 is 0 Å². The van der Waals surface area contributed by atoms with Crippen LogP contribution < -0.4 is 20.6 Å². The zero-order chi connectivity index (χ0) is 29.7. The van der Waals surface area contributed by atoms with Crippen LogP contribution in [0.5, 0.6) is 0 Å². The highest BCUT2D eigenvalue weighted by Crippen LogP contribution is 2.45. The first-order valence-electron chi connectivity index (χ1n) is 14.3. The van der Waals surface area contributed by atoms with Crippen molar-refractivity contribution in [1.82, 2.24) is 30.2 Å². The summed E-state index contributed by atoms with van der Waals surface area (Å²) in [6.45, 7) is 3.78. The number of sulfonamides is 1. The lowest BCUT2D eigenvalue weighted by molar-refractivity contribution is 0.586. The minimum absolute atomic E-state index is 0.01000. The van der Waals surface area contributed by atoms with Crippen LogP contribution in [0.15, 0.2) is 66.5 Å². The highest BCUT2D eigenvalue weighted by molar-refractivity contribution is 7.88. The largest absolute Gasteiger partial charge is 0.353 e. The van der Waals surface area contributed by atoms with Gasteiger partial charge in [-0.3, -0.25) is 10.1 Å². The van der Waals surface area contributed by atoms with Gasteiger partial charge in [-0.1, -0.05) is 30.7 Å². The first-order valence-corrected chi connectivity index (χ1v) is 16.2. The van der Waals surface area contributed by atoms with Gasteiger partial charge in [-0.05, 0) is 83.3 Å². The first kappa shape index (κ1) is 27.5. The molecule has 1 atom stereocenters. The van der Waals surface area contributed by atoms with Gasteiger partial charge in [0, 0.05) is 53.1 Å². The highest BCUT2D eigenvalue weighted by Gasteiger charge is 2.32. The number of hydrogen-bond donors (Lipinski definition) is 4. The lowest BCUT2D eigenvalue weighted by Gasteiger charge is -2.08. The van der Waals surface area contributed by atoms with Crippen LogP contribution in [0.4, 0.5) is 4.39 Å². The average molecular weight is 595 g/mol. The number of H-pyrrole nitrogens is 2. The van der Waals surface area contributed by atoms with Crippen molar-refractivity contribution in [2.24, 2.45) is 5.92 Å². The molecule has 2 aromatic carbocycles. The maximum Gasteiger partial charge on any atom is 0.209 e. The zero-order valence-corrected chi connectivity index (χ0v) is 24.6. The normalized spacial score (nSPS) is 15.9. The molecule has 4 N–H and O–H groups in total. The van der Waals surface area contributed by atoms with Crippen LogP contribution in [0.1, 0.15) is 30.0 Å². The Kier molecular flexibility index (Phi) is 6.84. The molecule has 1 saturated carbocycles. The van der Waals surface area contributed by atoms with Gasteiger partial charge in [0.1, 0.15) is 11.5 Å². The second-order valence-corrected chi connectivity index (χ2v) is 13.0. The Bertz CT molecular complexity index is 2160. The molecule has 0 bridgehead atoms. The molecule has 0 spiro atoms. The predicted molar refractivity (Wildman–Crippen MR) is 168 cm³/mol. The maximum absolute atomic E-state index is 14.7. The Hall–Kier alpha value is -4.38. The van der Waals surface area contributed by atoms with Crippen molar-refractivity contribution in [1.29, 1.82) is 0 Å². The number of rotatable bonds is 9. The third kappa shape index (κ3) is 5.56. The van der Waals surface area contributed by atoms with Crippen LogP contribution in [0.3, 0.4) is 0 Å². The number of allylic oxidation sites excluding steroid dienone is 2. The number of nitrogens with zero attached hydrogens (tertiary/aromatic N) is 2. The lowest BCUT2D eigenvalue weighted by Crippen LogP contribution is -2.23. The molecule has 43 heavy (non-hydrogen) atoms. The summed E-state index contributed by atoms with van der Waals surface area (Å²) in [6, 6.07) is 14.7. The van der Waals surface area contributed by atoms with Crippen LogP contribution in [-0.4, -0.2) is 41.4 Å². The number of aromatic amines is 2. The van der Waals surface area contributed by atoms with Gasteiger partial charge in [-0.15, -0.1) is 0 Å². The van der Waals surface area contributed by atoms with Crippen molar-refractivity contribution in [3.8, 4) is 22.5 Å². The molecule has 0 amide bonds. The third-order valence-corrected chi connectivity index (χ3v) is 8.64. The summed E-state index contributed by atoms with van der Waals surface area (Å²) >= 11 is 0. The molecule has 0 saturated heterocycles. The van der Waals surface area contributed by atoms with Crippen molar-refractivity contribution in [2.75, 3.05) is 12.8 Å². The predicted octanol–water partition coefficient (Wildman–Crippen LogP) is 3.97. The van der Waals surface area contributed by atoms with Gasteiger partial charge in [-0.25, -0.2) is 17.5 Å². The van der Waals surface area contributed by atoms with Crippen LogP contribution in [0.25, 0.3) is 51.1 Å². The van der Waals surface area contributed by atoms with E-state index < -0.39 is 15.8 Å². The van der Waals surface area contributed by atoms with Gasteiger partial charge < -0.3 is 10.3 Å². The maximum atomic E-state index is 14.7. The summed E-state index contributed by atoms with van der Waals surface area (Å²) < 4.78 is 40.3. The van der Waals surface area contributed by atoms with E-state index in [9.17, 15) is 12.8 Å². The third-order valence-electron chi connectivity index (χ3n) is 7.97. The Morgan fingerprint density at radius 2 is 1.91 bits per heavy atom. The van der Waals surface area contributed by atoms with E-state index >= 15 is 0 Å². The standard InChI is InChI=1S/C33H31FN6O2S/c1-3-35-15-20-8-23(18-36-16-20)27-13-29-31(12-22-11-26(22)27)39-40-33(29)32-14-28-25(5-4-6-30(28)38-32)21-7-19(9-24(34)10-21)17-37-43(2,41)42/h4-10,12-14,16,18,22,35,37-39H,3,11,15,17H2,1-2H3. The Labute approximate surface area is 248 Å². The Morgan fingerprint density at radius 3 is 2.74 bits per heavy atom. The minimum Gasteiger partial charge on any atom is -0.353 e. The number of halogens is 1. The number of hydrogen-bond acceptors (Lipinski definition) is 5. The fourth-order valence-electron chi connectivity index (χ4n) is 5.85. The van der Waals surface area contributed by atoms with Crippen molar-refractivity contribution in [3.05, 3.63) is 99.6 Å². The fraction of sp³-hybridized carbons (Fsp3) is 0.212. The highest BCUT2D eigenvalue weighted by atomic mass is 32.2. The van der Waals surface area contributed by atoms with Gasteiger partial charge in [-0.2, -0.15) is 5.10 Å². The minimum atomic E-state index is -3.41. The second-order valence-electron chi connectivity index (χ2n) is 11.2. The first-order chi connectivity index (χ1) is 20.8. The molecule has 0 radical (unpaired) electrons.